The van der Waals surface area contributed by atoms with Gasteiger partial charge in [0, 0.05) is 6.42 Å². The monoisotopic (exact) mass is 182 g/mol. The predicted molar refractivity (Wildman–Crippen MR) is 46.3 cm³/mol. The average Bonchev–Trinajstić information content (AvgIpc) is 2.14. The molecule has 0 aliphatic carbocycles. The third kappa shape index (κ3) is 3.19. The highest BCUT2D eigenvalue weighted by Crippen LogP contribution is 1.96. The zero-order valence-corrected chi connectivity index (χ0v) is 7.38. The molecule has 0 saturated carbocycles. The van der Waals surface area contributed by atoms with Gasteiger partial charge in [-0.15, -0.1) is 0 Å². The molecule has 4 heteroatoms. The molecular formula is C9H11FN2O. The van der Waals surface area contributed by atoms with E-state index >= 15 is 0 Å². The lowest BCUT2D eigenvalue weighted by atomic mass is 10.3. The summed E-state index contributed by atoms with van der Waals surface area (Å²) in [5.74, 6) is -0.589. The van der Waals surface area contributed by atoms with Gasteiger partial charge in [-0.25, -0.2) is 4.98 Å². The van der Waals surface area contributed by atoms with Gasteiger partial charge < -0.3 is 5.32 Å². The van der Waals surface area contributed by atoms with Crippen LogP contribution in [0.1, 0.15) is 19.0 Å². The van der Waals surface area contributed by atoms with Gasteiger partial charge in [0.25, 0.3) is 0 Å². The van der Waals surface area contributed by atoms with Crippen LogP contribution in [0.5, 0.6) is 0 Å². The fourth-order valence-electron chi connectivity index (χ4n) is 0.863. The zero-order chi connectivity index (χ0) is 9.68. The molecule has 1 aromatic heterocycles. The number of aromatic nitrogens is 1. The lowest BCUT2D eigenvalue weighted by Gasteiger charge is -2.01. The van der Waals surface area contributed by atoms with Gasteiger partial charge in [-0.05, 0) is 12.1 Å². The molecule has 0 aliphatic heterocycles. The molecule has 1 aromatic rings. The second-order valence-corrected chi connectivity index (χ2v) is 2.58. The first-order valence-corrected chi connectivity index (χ1v) is 4.10. The lowest BCUT2D eigenvalue weighted by molar-refractivity contribution is -0.120. The molecule has 0 fully saturated rings. The Hall–Kier alpha value is -1.45. The highest BCUT2D eigenvalue weighted by atomic mass is 19.1. The Morgan fingerprint density at radius 1 is 1.62 bits per heavy atom. The van der Waals surface area contributed by atoms with Gasteiger partial charge in [0.05, 0.1) is 12.2 Å². The summed E-state index contributed by atoms with van der Waals surface area (Å²) in [6.07, 6.45) is 0.426. The zero-order valence-electron chi connectivity index (χ0n) is 7.38. The van der Waals surface area contributed by atoms with Crippen molar-refractivity contribution in [2.24, 2.45) is 0 Å². The number of halogens is 1. The molecule has 0 aromatic carbocycles. The van der Waals surface area contributed by atoms with Gasteiger partial charge in [0.1, 0.15) is 0 Å². The van der Waals surface area contributed by atoms with E-state index in [0.717, 1.165) is 0 Å². The molecule has 1 heterocycles. The molecule has 0 radical (unpaired) electrons. The minimum Gasteiger partial charge on any atom is -0.350 e. The van der Waals surface area contributed by atoms with Crippen molar-refractivity contribution >= 4 is 5.91 Å². The SMILES string of the molecule is CCC(=O)NCc1cccc(F)n1. The number of nitrogens with zero attached hydrogens (tertiary/aromatic N) is 1. The van der Waals surface area contributed by atoms with E-state index in [9.17, 15) is 9.18 Å². The van der Waals surface area contributed by atoms with Crippen LogP contribution in [-0.4, -0.2) is 10.9 Å². The van der Waals surface area contributed by atoms with Crippen LogP contribution in [-0.2, 0) is 11.3 Å². The van der Waals surface area contributed by atoms with Crippen molar-refractivity contribution in [2.75, 3.05) is 0 Å². The Balaban J connectivity index is 2.50. The third-order valence-corrected chi connectivity index (χ3v) is 1.56. The molecule has 13 heavy (non-hydrogen) atoms. The number of carbonyl (C=O) groups is 1. The smallest absolute Gasteiger partial charge is 0.220 e. The van der Waals surface area contributed by atoms with Gasteiger partial charge in [-0.3, -0.25) is 4.79 Å². The van der Waals surface area contributed by atoms with E-state index in [0.29, 0.717) is 12.1 Å². The fourth-order valence-corrected chi connectivity index (χ4v) is 0.863. The fraction of sp³-hybridized carbons (Fsp3) is 0.333. The van der Waals surface area contributed by atoms with Crippen LogP contribution >= 0.6 is 0 Å². The van der Waals surface area contributed by atoms with E-state index in [-0.39, 0.29) is 12.5 Å². The van der Waals surface area contributed by atoms with E-state index in [4.69, 9.17) is 0 Å². The minimum absolute atomic E-state index is 0.0638. The van der Waals surface area contributed by atoms with Crippen LogP contribution in [0.3, 0.4) is 0 Å². The Morgan fingerprint density at radius 2 is 2.38 bits per heavy atom. The minimum atomic E-state index is -0.525. The predicted octanol–water partition coefficient (Wildman–Crippen LogP) is 1.25. The highest BCUT2D eigenvalue weighted by molar-refractivity contribution is 5.75. The van der Waals surface area contributed by atoms with Crippen molar-refractivity contribution in [1.82, 2.24) is 10.3 Å². The molecule has 1 amide bonds. The first-order chi connectivity index (χ1) is 6.22. The summed E-state index contributed by atoms with van der Waals surface area (Å²) in [5.41, 5.74) is 0.529. The normalized spacial score (nSPS) is 9.69. The molecule has 0 unspecified atom stereocenters. The van der Waals surface area contributed by atoms with Crippen LogP contribution in [0.2, 0.25) is 0 Å². The summed E-state index contributed by atoms with van der Waals surface area (Å²) >= 11 is 0. The average molecular weight is 182 g/mol. The van der Waals surface area contributed by atoms with Crippen LogP contribution in [0.15, 0.2) is 18.2 Å². The number of rotatable bonds is 3. The van der Waals surface area contributed by atoms with E-state index in [1.54, 1.807) is 19.1 Å². The van der Waals surface area contributed by atoms with Crippen molar-refractivity contribution < 1.29 is 9.18 Å². The maximum Gasteiger partial charge on any atom is 0.220 e. The Labute approximate surface area is 76.0 Å². The van der Waals surface area contributed by atoms with Gasteiger partial charge in [-0.2, -0.15) is 4.39 Å². The van der Waals surface area contributed by atoms with Crippen LogP contribution in [0.25, 0.3) is 0 Å². The van der Waals surface area contributed by atoms with E-state index < -0.39 is 5.95 Å². The van der Waals surface area contributed by atoms with Gasteiger partial charge in [0.15, 0.2) is 0 Å². The number of carbonyl (C=O) groups excluding carboxylic acids is 1. The Morgan fingerprint density at radius 3 is 3.00 bits per heavy atom. The van der Waals surface area contributed by atoms with Crippen LogP contribution < -0.4 is 5.32 Å². The van der Waals surface area contributed by atoms with E-state index in [1.807, 2.05) is 0 Å². The molecule has 0 aliphatic rings. The second kappa shape index (κ2) is 4.54. The summed E-state index contributed by atoms with van der Waals surface area (Å²) in [7, 11) is 0. The van der Waals surface area contributed by atoms with Crippen LogP contribution in [0, 0.1) is 5.95 Å². The van der Waals surface area contributed by atoms with Crippen molar-refractivity contribution in [3.63, 3.8) is 0 Å². The molecule has 0 saturated heterocycles. The molecule has 0 spiro atoms. The van der Waals surface area contributed by atoms with Crippen molar-refractivity contribution in [2.45, 2.75) is 19.9 Å². The maximum atomic E-state index is 12.5. The van der Waals surface area contributed by atoms with Crippen molar-refractivity contribution in [3.05, 3.63) is 29.8 Å². The highest BCUT2D eigenvalue weighted by Gasteiger charge is 1.99. The van der Waals surface area contributed by atoms with E-state index in [2.05, 4.69) is 10.3 Å². The topological polar surface area (TPSA) is 42.0 Å². The van der Waals surface area contributed by atoms with E-state index in [1.165, 1.54) is 6.07 Å². The molecule has 70 valence electrons. The van der Waals surface area contributed by atoms with Gasteiger partial charge >= 0.3 is 0 Å². The summed E-state index contributed by atoms with van der Waals surface area (Å²) in [4.78, 5) is 14.4. The third-order valence-electron chi connectivity index (χ3n) is 1.56. The maximum absolute atomic E-state index is 12.5. The molecule has 1 N–H and O–H groups in total. The molecular weight excluding hydrogens is 171 g/mol. The van der Waals surface area contributed by atoms with Gasteiger partial charge in [0.2, 0.25) is 11.9 Å². The number of amides is 1. The number of hydrogen-bond acceptors (Lipinski definition) is 2. The number of nitrogens with one attached hydrogen (secondary N) is 1. The van der Waals surface area contributed by atoms with Gasteiger partial charge in [-0.1, -0.05) is 13.0 Å². The summed E-state index contributed by atoms with van der Waals surface area (Å²) in [5, 5.41) is 2.61. The first-order valence-electron chi connectivity index (χ1n) is 4.10. The Kier molecular flexibility index (Phi) is 3.37. The Bertz CT molecular complexity index is 301. The number of hydrogen-bond donors (Lipinski definition) is 1. The quantitative estimate of drug-likeness (QED) is 0.715. The molecule has 0 atom stereocenters. The summed E-state index contributed by atoms with van der Waals surface area (Å²) in [6, 6.07) is 4.50. The molecule has 0 bridgehead atoms. The van der Waals surface area contributed by atoms with Crippen LogP contribution in [0.4, 0.5) is 4.39 Å². The second-order valence-electron chi connectivity index (χ2n) is 2.58. The number of pyridine rings is 1. The summed E-state index contributed by atoms with van der Waals surface area (Å²) < 4.78 is 12.5. The summed E-state index contributed by atoms with van der Waals surface area (Å²) in [6.45, 7) is 2.04. The standard InChI is InChI=1S/C9H11FN2O/c1-2-9(13)11-6-7-4-3-5-8(10)12-7/h3-5H,2,6H2,1H3,(H,11,13). The lowest BCUT2D eigenvalue weighted by Crippen LogP contribution is -2.22. The first kappa shape index (κ1) is 9.64. The van der Waals surface area contributed by atoms with Crippen molar-refractivity contribution in [3.8, 4) is 0 Å². The molecule has 3 nitrogen and oxygen atoms in total. The molecule has 1 rings (SSSR count). The van der Waals surface area contributed by atoms with Crippen molar-refractivity contribution in [1.29, 1.82) is 0 Å². The largest absolute Gasteiger partial charge is 0.350 e.